The predicted molar refractivity (Wildman–Crippen MR) is 102 cm³/mol. The standard InChI is InChI=1S/C16H31N3O.HI/c1-3-4-13-20-14-12-19-16(17-2)18-11-10-15-8-6-5-7-9-15;/h8H,3-7,9-14H2,1-2H3,(H2,17,18,19);1H. The molecule has 0 spiro atoms. The Balaban J connectivity index is 0.00000400. The monoisotopic (exact) mass is 409 g/mol. The van der Waals surface area contributed by atoms with Crippen molar-refractivity contribution in [2.45, 2.75) is 51.9 Å². The fraction of sp³-hybridized carbons (Fsp3) is 0.812. The van der Waals surface area contributed by atoms with Gasteiger partial charge < -0.3 is 15.4 Å². The molecule has 2 N–H and O–H groups in total. The third-order valence-electron chi connectivity index (χ3n) is 3.53. The number of nitrogens with one attached hydrogen (secondary N) is 2. The molecular weight excluding hydrogens is 377 g/mol. The number of nitrogens with zero attached hydrogens (tertiary/aromatic N) is 1. The molecule has 0 unspecified atom stereocenters. The number of aliphatic imine (C=N–C) groups is 1. The highest BCUT2D eigenvalue weighted by atomic mass is 127. The molecule has 0 saturated carbocycles. The topological polar surface area (TPSA) is 45.6 Å². The molecule has 1 aliphatic rings. The average molecular weight is 409 g/mol. The molecule has 5 heteroatoms. The molecule has 0 aromatic rings. The SMILES string of the molecule is CCCCOCCNC(=NC)NCCC1=CCCCC1.I. The Bertz CT molecular complexity index is 306. The molecule has 124 valence electrons. The highest BCUT2D eigenvalue weighted by molar-refractivity contribution is 14.0. The predicted octanol–water partition coefficient (Wildman–Crippen LogP) is 3.48. The van der Waals surface area contributed by atoms with Crippen LogP contribution in [0, 0.1) is 0 Å². The normalized spacial score (nSPS) is 15.1. The van der Waals surface area contributed by atoms with Crippen LogP contribution in [-0.4, -0.2) is 39.3 Å². The molecule has 0 amide bonds. The van der Waals surface area contributed by atoms with Crippen molar-refractivity contribution in [2.24, 2.45) is 4.99 Å². The van der Waals surface area contributed by atoms with Crippen LogP contribution in [0.3, 0.4) is 0 Å². The van der Waals surface area contributed by atoms with Gasteiger partial charge in [-0.2, -0.15) is 0 Å². The summed E-state index contributed by atoms with van der Waals surface area (Å²) in [5.74, 6) is 0.875. The summed E-state index contributed by atoms with van der Waals surface area (Å²) in [6, 6.07) is 0. The number of rotatable bonds is 9. The van der Waals surface area contributed by atoms with E-state index in [0.717, 1.165) is 45.1 Å². The van der Waals surface area contributed by atoms with E-state index < -0.39 is 0 Å². The first-order chi connectivity index (χ1) is 9.86. The van der Waals surface area contributed by atoms with E-state index >= 15 is 0 Å². The van der Waals surface area contributed by atoms with E-state index in [2.05, 4.69) is 28.6 Å². The zero-order valence-electron chi connectivity index (χ0n) is 13.6. The molecule has 0 aromatic heterocycles. The van der Waals surface area contributed by atoms with Gasteiger partial charge in [0, 0.05) is 26.7 Å². The molecule has 1 aliphatic carbocycles. The Hall–Kier alpha value is -0.300. The molecule has 0 fully saturated rings. The zero-order valence-corrected chi connectivity index (χ0v) is 15.9. The van der Waals surface area contributed by atoms with Gasteiger partial charge in [0.15, 0.2) is 5.96 Å². The molecule has 0 aromatic carbocycles. The molecule has 21 heavy (non-hydrogen) atoms. The van der Waals surface area contributed by atoms with Crippen molar-refractivity contribution in [1.82, 2.24) is 10.6 Å². The van der Waals surface area contributed by atoms with Crippen LogP contribution >= 0.6 is 24.0 Å². The molecule has 0 saturated heterocycles. The molecule has 0 aliphatic heterocycles. The van der Waals surface area contributed by atoms with Gasteiger partial charge in [-0.3, -0.25) is 4.99 Å². The van der Waals surface area contributed by atoms with Crippen LogP contribution in [0.5, 0.6) is 0 Å². The molecular formula is C16H32IN3O. The Labute approximate surface area is 147 Å². The van der Waals surface area contributed by atoms with Crippen LogP contribution < -0.4 is 10.6 Å². The van der Waals surface area contributed by atoms with E-state index in [9.17, 15) is 0 Å². The summed E-state index contributed by atoms with van der Waals surface area (Å²) < 4.78 is 5.51. The van der Waals surface area contributed by atoms with Gasteiger partial charge in [-0.05, 0) is 38.5 Å². The van der Waals surface area contributed by atoms with Crippen molar-refractivity contribution in [1.29, 1.82) is 0 Å². The van der Waals surface area contributed by atoms with Crippen molar-refractivity contribution in [3.8, 4) is 0 Å². The second kappa shape index (κ2) is 14.6. The summed E-state index contributed by atoms with van der Waals surface area (Å²) in [4.78, 5) is 4.22. The van der Waals surface area contributed by atoms with Gasteiger partial charge >= 0.3 is 0 Å². The summed E-state index contributed by atoms with van der Waals surface area (Å²) in [7, 11) is 1.81. The highest BCUT2D eigenvalue weighted by Gasteiger charge is 2.03. The minimum absolute atomic E-state index is 0. The van der Waals surface area contributed by atoms with E-state index in [4.69, 9.17) is 4.74 Å². The first-order valence-corrected chi connectivity index (χ1v) is 8.07. The summed E-state index contributed by atoms with van der Waals surface area (Å²) in [6.07, 6.45) is 11.1. The number of ether oxygens (including phenoxy) is 1. The largest absolute Gasteiger partial charge is 0.380 e. The fourth-order valence-electron chi connectivity index (χ4n) is 2.28. The van der Waals surface area contributed by atoms with E-state index in [0.29, 0.717) is 0 Å². The number of allylic oxidation sites excluding steroid dienone is 1. The van der Waals surface area contributed by atoms with Crippen LogP contribution in [0.25, 0.3) is 0 Å². The van der Waals surface area contributed by atoms with Gasteiger partial charge in [-0.15, -0.1) is 24.0 Å². The van der Waals surface area contributed by atoms with Crippen LogP contribution in [0.1, 0.15) is 51.9 Å². The molecule has 1 rings (SSSR count). The Kier molecular flexibility index (Phi) is 14.4. The first-order valence-electron chi connectivity index (χ1n) is 8.07. The van der Waals surface area contributed by atoms with E-state index in [-0.39, 0.29) is 24.0 Å². The summed E-state index contributed by atoms with van der Waals surface area (Å²) in [6.45, 7) is 5.55. The van der Waals surface area contributed by atoms with Crippen molar-refractivity contribution in [2.75, 3.05) is 33.4 Å². The third-order valence-corrected chi connectivity index (χ3v) is 3.53. The minimum Gasteiger partial charge on any atom is -0.380 e. The smallest absolute Gasteiger partial charge is 0.191 e. The molecule has 0 atom stereocenters. The zero-order chi connectivity index (χ0) is 14.5. The number of halogens is 1. The van der Waals surface area contributed by atoms with Crippen molar-refractivity contribution in [3.63, 3.8) is 0 Å². The molecule has 0 radical (unpaired) electrons. The van der Waals surface area contributed by atoms with Gasteiger partial charge in [-0.1, -0.05) is 25.0 Å². The van der Waals surface area contributed by atoms with E-state index in [1.54, 1.807) is 5.57 Å². The van der Waals surface area contributed by atoms with Gasteiger partial charge in [0.05, 0.1) is 6.61 Å². The second-order valence-corrected chi connectivity index (χ2v) is 5.25. The van der Waals surface area contributed by atoms with Crippen LogP contribution in [0.4, 0.5) is 0 Å². The second-order valence-electron chi connectivity index (χ2n) is 5.25. The van der Waals surface area contributed by atoms with Gasteiger partial charge in [0.25, 0.3) is 0 Å². The summed E-state index contributed by atoms with van der Waals surface area (Å²) in [5.41, 5.74) is 1.60. The lowest BCUT2D eigenvalue weighted by atomic mass is 9.97. The third kappa shape index (κ3) is 11.0. The van der Waals surface area contributed by atoms with Gasteiger partial charge in [0.1, 0.15) is 0 Å². The van der Waals surface area contributed by atoms with E-state index in [1.165, 1.54) is 32.1 Å². The van der Waals surface area contributed by atoms with Crippen LogP contribution in [0.2, 0.25) is 0 Å². The quantitative estimate of drug-likeness (QED) is 0.202. The highest BCUT2D eigenvalue weighted by Crippen LogP contribution is 2.19. The van der Waals surface area contributed by atoms with Crippen molar-refractivity contribution in [3.05, 3.63) is 11.6 Å². The number of hydrogen-bond donors (Lipinski definition) is 2. The fourth-order valence-corrected chi connectivity index (χ4v) is 2.28. The number of unbranched alkanes of at least 4 members (excludes halogenated alkanes) is 1. The van der Waals surface area contributed by atoms with Crippen molar-refractivity contribution < 1.29 is 4.74 Å². The molecule has 4 nitrogen and oxygen atoms in total. The lowest BCUT2D eigenvalue weighted by Gasteiger charge is -2.15. The first kappa shape index (κ1) is 20.7. The molecule has 0 bridgehead atoms. The Morgan fingerprint density at radius 1 is 1.24 bits per heavy atom. The Morgan fingerprint density at radius 2 is 2.05 bits per heavy atom. The average Bonchev–Trinajstić information content (AvgIpc) is 2.50. The number of hydrogen-bond acceptors (Lipinski definition) is 2. The van der Waals surface area contributed by atoms with E-state index in [1.807, 2.05) is 7.05 Å². The van der Waals surface area contributed by atoms with Crippen molar-refractivity contribution >= 4 is 29.9 Å². The maximum Gasteiger partial charge on any atom is 0.191 e. The number of guanidine groups is 1. The lowest BCUT2D eigenvalue weighted by molar-refractivity contribution is 0.136. The van der Waals surface area contributed by atoms with Crippen LogP contribution in [-0.2, 0) is 4.74 Å². The minimum atomic E-state index is 0. The van der Waals surface area contributed by atoms with Crippen LogP contribution in [0.15, 0.2) is 16.6 Å². The lowest BCUT2D eigenvalue weighted by Crippen LogP contribution is -2.39. The molecule has 0 heterocycles. The maximum atomic E-state index is 5.51. The summed E-state index contributed by atoms with van der Waals surface area (Å²) in [5, 5.41) is 6.64. The van der Waals surface area contributed by atoms with Gasteiger partial charge in [0.2, 0.25) is 0 Å². The Morgan fingerprint density at radius 3 is 2.71 bits per heavy atom. The van der Waals surface area contributed by atoms with Gasteiger partial charge in [-0.25, -0.2) is 0 Å². The maximum absolute atomic E-state index is 5.51. The summed E-state index contributed by atoms with van der Waals surface area (Å²) >= 11 is 0.